The van der Waals surface area contributed by atoms with Crippen LogP contribution in [0, 0.1) is 0 Å². The molecule has 1 rings (SSSR count). The van der Waals surface area contributed by atoms with Crippen molar-refractivity contribution in [2.45, 2.75) is 10.4 Å². The van der Waals surface area contributed by atoms with E-state index in [1.54, 1.807) is 0 Å². The molecule has 0 atom stereocenters. The number of rotatable bonds is 4. The van der Waals surface area contributed by atoms with Gasteiger partial charge in [-0.05, 0) is 35.5 Å². The fraction of sp³-hybridized carbons (Fsp3) is 0.300. The van der Waals surface area contributed by atoms with Gasteiger partial charge in [-0.2, -0.15) is 13.2 Å². The highest BCUT2D eigenvalue weighted by Crippen LogP contribution is 2.45. The average molecular weight is 301 g/mol. The number of ether oxygens (including phenoxy) is 2. The van der Waals surface area contributed by atoms with Gasteiger partial charge >= 0.3 is 5.51 Å². The normalized spacial score (nSPS) is 11.2. The summed E-state index contributed by atoms with van der Waals surface area (Å²) in [4.78, 5) is 10.7. The summed E-state index contributed by atoms with van der Waals surface area (Å²) < 4.78 is 46.8. The number of carbonyl (C=O) groups excluding carboxylic acids is 1. The summed E-state index contributed by atoms with van der Waals surface area (Å²) in [6, 6.07) is 2.23. The van der Waals surface area contributed by atoms with Gasteiger partial charge in [0.1, 0.15) is 0 Å². The summed E-state index contributed by atoms with van der Waals surface area (Å²) in [6.45, 7) is 0. The van der Waals surface area contributed by atoms with Gasteiger partial charge in [0, 0.05) is 5.56 Å². The van der Waals surface area contributed by atoms with Gasteiger partial charge in [0.05, 0.1) is 19.1 Å². The molecule has 1 aromatic carbocycles. The predicted octanol–water partition coefficient (Wildman–Crippen LogP) is 3.69. The molecule has 0 heterocycles. The zero-order valence-electron chi connectivity index (χ0n) is 9.30. The molecule has 0 aliphatic carbocycles. The van der Waals surface area contributed by atoms with Crippen molar-refractivity contribution in [3.8, 4) is 11.5 Å². The summed E-state index contributed by atoms with van der Waals surface area (Å²) >= 11 is 4.84. The number of alkyl halides is 3. The molecule has 18 heavy (non-hydrogen) atoms. The average Bonchev–Trinajstić information content (AvgIpc) is 2.25. The van der Waals surface area contributed by atoms with Crippen LogP contribution in [0.1, 0.15) is 10.4 Å². The molecule has 0 aliphatic rings. The Bertz CT molecular complexity index is 462. The molecule has 0 bridgehead atoms. The van der Waals surface area contributed by atoms with E-state index in [1.807, 2.05) is 0 Å². The lowest BCUT2D eigenvalue weighted by molar-refractivity contribution is -0.0329. The molecule has 3 nitrogen and oxygen atoms in total. The number of hydrogen-bond donors (Lipinski definition) is 0. The van der Waals surface area contributed by atoms with E-state index in [1.165, 1.54) is 20.3 Å². The number of benzene rings is 1. The first-order valence-electron chi connectivity index (χ1n) is 4.50. The van der Waals surface area contributed by atoms with Crippen LogP contribution >= 0.6 is 23.4 Å². The lowest BCUT2D eigenvalue weighted by Crippen LogP contribution is -2.03. The summed E-state index contributed by atoms with van der Waals surface area (Å²) in [5, 5.41) is -0.875. The van der Waals surface area contributed by atoms with Crippen LogP contribution in [0.3, 0.4) is 0 Å². The van der Waals surface area contributed by atoms with Gasteiger partial charge in [0.25, 0.3) is 5.24 Å². The van der Waals surface area contributed by atoms with Crippen LogP contribution in [0.15, 0.2) is 17.0 Å². The molecular formula is C10H8ClF3O3S. The fourth-order valence-electron chi connectivity index (χ4n) is 1.24. The van der Waals surface area contributed by atoms with Crippen molar-refractivity contribution in [1.82, 2.24) is 0 Å². The maximum absolute atomic E-state index is 12.4. The van der Waals surface area contributed by atoms with Crippen LogP contribution in [-0.2, 0) is 0 Å². The Kier molecular flexibility index (Phi) is 4.75. The molecule has 0 saturated carbocycles. The molecule has 0 aliphatic heterocycles. The van der Waals surface area contributed by atoms with Gasteiger partial charge in [0.15, 0.2) is 11.5 Å². The highest BCUT2D eigenvalue weighted by molar-refractivity contribution is 8.00. The molecule has 0 spiro atoms. The first-order chi connectivity index (χ1) is 8.28. The minimum Gasteiger partial charge on any atom is -0.493 e. The minimum absolute atomic E-state index is 0.00995. The monoisotopic (exact) mass is 300 g/mol. The van der Waals surface area contributed by atoms with E-state index in [4.69, 9.17) is 21.1 Å². The SMILES string of the molecule is COc1cc(C(=O)Cl)cc(SC(F)(F)F)c1OC. The van der Waals surface area contributed by atoms with E-state index < -0.39 is 22.5 Å². The fourth-order valence-corrected chi connectivity index (χ4v) is 2.06. The van der Waals surface area contributed by atoms with Gasteiger partial charge in [-0.15, -0.1) is 0 Å². The summed E-state index contributed by atoms with van der Waals surface area (Å²) in [6.07, 6.45) is 0. The van der Waals surface area contributed by atoms with E-state index in [9.17, 15) is 18.0 Å². The van der Waals surface area contributed by atoms with Gasteiger partial charge in [-0.1, -0.05) is 0 Å². The Hall–Kier alpha value is -1.08. The zero-order valence-corrected chi connectivity index (χ0v) is 10.9. The van der Waals surface area contributed by atoms with Crippen LogP contribution in [0.2, 0.25) is 0 Å². The second-order valence-corrected chi connectivity index (χ2v) is 4.48. The van der Waals surface area contributed by atoms with Crippen LogP contribution < -0.4 is 9.47 Å². The van der Waals surface area contributed by atoms with Crippen molar-refractivity contribution < 1.29 is 27.4 Å². The predicted molar refractivity (Wildman–Crippen MR) is 61.6 cm³/mol. The largest absolute Gasteiger partial charge is 0.493 e. The molecule has 0 fully saturated rings. The Morgan fingerprint density at radius 2 is 1.89 bits per heavy atom. The molecule has 0 unspecified atom stereocenters. The van der Waals surface area contributed by atoms with Gasteiger partial charge in [0.2, 0.25) is 0 Å². The number of methoxy groups -OCH3 is 2. The maximum Gasteiger partial charge on any atom is 0.446 e. The Labute approximate surface area is 110 Å². The first-order valence-corrected chi connectivity index (χ1v) is 5.69. The van der Waals surface area contributed by atoms with Gasteiger partial charge in [-0.25, -0.2) is 0 Å². The van der Waals surface area contributed by atoms with E-state index in [2.05, 4.69) is 0 Å². The second-order valence-electron chi connectivity index (χ2n) is 3.03. The van der Waals surface area contributed by atoms with E-state index in [0.717, 1.165) is 6.07 Å². The third kappa shape index (κ3) is 3.71. The number of thioether (sulfide) groups is 1. The standard InChI is InChI=1S/C10H8ClF3O3S/c1-16-6-3-5(9(11)15)4-7(8(6)17-2)18-10(12,13)14/h3-4H,1-2H3. The van der Waals surface area contributed by atoms with Crippen LogP contribution in [-0.4, -0.2) is 25.0 Å². The third-order valence-electron chi connectivity index (χ3n) is 1.90. The highest BCUT2D eigenvalue weighted by atomic mass is 35.5. The summed E-state index contributed by atoms with van der Waals surface area (Å²) in [5.74, 6) is -0.0859. The quantitative estimate of drug-likeness (QED) is 0.627. The maximum atomic E-state index is 12.4. The van der Waals surface area contributed by atoms with Crippen molar-refractivity contribution in [2.75, 3.05) is 14.2 Å². The van der Waals surface area contributed by atoms with Crippen LogP contribution in [0.25, 0.3) is 0 Å². The molecule has 0 aromatic heterocycles. The second kappa shape index (κ2) is 5.71. The number of carbonyl (C=O) groups is 1. The number of hydrogen-bond acceptors (Lipinski definition) is 4. The Morgan fingerprint density at radius 1 is 1.28 bits per heavy atom. The molecular weight excluding hydrogens is 293 g/mol. The van der Waals surface area contributed by atoms with Crippen LogP contribution in [0.5, 0.6) is 11.5 Å². The minimum atomic E-state index is -4.51. The summed E-state index contributed by atoms with van der Waals surface area (Å²) in [5.41, 5.74) is -4.60. The Balaban J connectivity index is 3.35. The van der Waals surface area contributed by atoms with Crippen molar-refractivity contribution >= 4 is 28.6 Å². The molecule has 8 heteroatoms. The lowest BCUT2D eigenvalue weighted by atomic mass is 10.2. The number of halogens is 4. The van der Waals surface area contributed by atoms with Crippen molar-refractivity contribution in [2.24, 2.45) is 0 Å². The van der Waals surface area contributed by atoms with E-state index >= 15 is 0 Å². The van der Waals surface area contributed by atoms with Crippen molar-refractivity contribution in [1.29, 1.82) is 0 Å². The molecule has 0 N–H and O–H groups in total. The molecule has 0 radical (unpaired) electrons. The van der Waals surface area contributed by atoms with Crippen LogP contribution in [0.4, 0.5) is 13.2 Å². The first kappa shape index (κ1) is 15.0. The summed E-state index contributed by atoms with van der Waals surface area (Å²) in [7, 11) is 2.46. The molecule has 0 saturated heterocycles. The molecule has 1 aromatic rings. The smallest absolute Gasteiger partial charge is 0.446 e. The molecule has 0 amide bonds. The molecule has 100 valence electrons. The van der Waals surface area contributed by atoms with Gasteiger partial charge in [-0.3, -0.25) is 4.79 Å². The highest BCUT2D eigenvalue weighted by Gasteiger charge is 2.32. The van der Waals surface area contributed by atoms with E-state index in [-0.39, 0.29) is 22.0 Å². The third-order valence-corrected chi connectivity index (χ3v) is 2.87. The topological polar surface area (TPSA) is 35.5 Å². The lowest BCUT2D eigenvalue weighted by Gasteiger charge is -2.14. The van der Waals surface area contributed by atoms with Crippen molar-refractivity contribution in [3.63, 3.8) is 0 Å². The van der Waals surface area contributed by atoms with Gasteiger partial charge < -0.3 is 9.47 Å². The van der Waals surface area contributed by atoms with Crippen molar-refractivity contribution in [3.05, 3.63) is 17.7 Å². The Morgan fingerprint density at radius 3 is 2.28 bits per heavy atom. The van der Waals surface area contributed by atoms with E-state index in [0.29, 0.717) is 0 Å². The zero-order chi connectivity index (χ0) is 13.9.